The van der Waals surface area contributed by atoms with Gasteiger partial charge in [0.25, 0.3) is 11.8 Å². The standard InChI is InChI=1S/C46H40N4O4/c51-43(41-17-7-29-49(41)45(53)39-15-5-11-33-9-1-3-13-37(33)39)47-35-25-21-31(22-26-35)19-20-32-23-27-36(28-24-32)48-44(52)42-18-8-30-50(42)46(54)40-16-6-12-34-10-2-4-14-38(34)40/h1-6,9-16,19-28,41-42H,7-8,17-18,29-30H2,(H,47,51)(H,48,52)/b20-19+/t41-,42-/m0/s1. The molecule has 6 aromatic carbocycles. The van der Waals surface area contributed by atoms with Gasteiger partial charge in [0, 0.05) is 35.6 Å². The van der Waals surface area contributed by atoms with Gasteiger partial charge in [0.15, 0.2) is 0 Å². The minimum Gasteiger partial charge on any atom is -0.327 e. The van der Waals surface area contributed by atoms with Gasteiger partial charge in [0.1, 0.15) is 12.1 Å². The number of fused-ring (bicyclic) bond motifs is 2. The highest BCUT2D eigenvalue weighted by Crippen LogP contribution is 2.28. The van der Waals surface area contributed by atoms with Crippen molar-refractivity contribution in [2.24, 2.45) is 0 Å². The topological polar surface area (TPSA) is 98.8 Å². The van der Waals surface area contributed by atoms with Crippen molar-refractivity contribution in [2.75, 3.05) is 23.7 Å². The molecular formula is C46H40N4O4. The van der Waals surface area contributed by atoms with Gasteiger partial charge in [-0.05, 0) is 94.8 Å². The summed E-state index contributed by atoms with van der Waals surface area (Å²) in [6, 6.07) is 41.1. The summed E-state index contributed by atoms with van der Waals surface area (Å²) in [5.41, 5.74) is 4.48. The largest absolute Gasteiger partial charge is 0.327 e. The summed E-state index contributed by atoms with van der Waals surface area (Å²) >= 11 is 0. The van der Waals surface area contributed by atoms with Crippen LogP contribution in [-0.4, -0.2) is 58.6 Å². The minimum atomic E-state index is -0.529. The Kier molecular flexibility index (Phi) is 9.73. The Hall–Kier alpha value is -6.54. The van der Waals surface area contributed by atoms with Crippen molar-refractivity contribution < 1.29 is 19.2 Å². The zero-order valence-electron chi connectivity index (χ0n) is 29.8. The Balaban J connectivity index is 0.858. The number of hydrogen-bond donors (Lipinski definition) is 2. The zero-order valence-corrected chi connectivity index (χ0v) is 29.8. The first-order valence-corrected chi connectivity index (χ1v) is 18.5. The van der Waals surface area contributed by atoms with Gasteiger partial charge in [0.05, 0.1) is 0 Å². The second-order valence-corrected chi connectivity index (χ2v) is 13.9. The molecule has 8 heteroatoms. The Morgan fingerprint density at radius 3 is 1.30 bits per heavy atom. The molecule has 268 valence electrons. The number of nitrogens with zero attached hydrogens (tertiary/aromatic N) is 2. The van der Waals surface area contributed by atoms with Gasteiger partial charge in [-0.1, -0.05) is 109 Å². The SMILES string of the molecule is O=C(Nc1ccc(/C=C/c2ccc(NC(=O)[C@@H]3CCCN3C(=O)c3cccc4ccccc34)cc2)cc1)[C@@H]1CCCN1C(=O)c1cccc2ccccc12. The van der Waals surface area contributed by atoms with E-state index < -0.39 is 12.1 Å². The van der Waals surface area contributed by atoms with Crippen LogP contribution in [0.15, 0.2) is 133 Å². The number of hydrogen-bond acceptors (Lipinski definition) is 4. The third-order valence-corrected chi connectivity index (χ3v) is 10.5. The van der Waals surface area contributed by atoms with Gasteiger partial charge in [-0.2, -0.15) is 0 Å². The summed E-state index contributed by atoms with van der Waals surface area (Å²) < 4.78 is 0. The molecule has 6 aromatic rings. The fraction of sp³-hybridized carbons (Fsp3) is 0.174. The molecule has 0 saturated carbocycles. The van der Waals surface area contributed by atoms with E-state index in [2.05, 4.69) is 10.6 Å². The van der Waals surface area contributed by atoms with E-state index in [-0.39, 0.29) is 23.6 Å². The lowest BCUT2D eigenvalue weighted by molar-refractivity contribution is -0.120. The lowest BCUT2D eigenvalue weighted by atomic mass is 10.0. The average Bonchev–Trinajstić information content (AvgIpc) is 3.92. The first-order valence-electron chi connectivity index (χ1n) is 18.5. The van der Waals surface area contributed by atoms with Crippen molar-refractivity contribution in [1.29, 1.82) is 0 Å². The van der Waals surface area contributed by atoms with Crippen molar-refractivity contribution in [3.05, 3.63) is 156 Å². The molecule has 2 heterocycles. The van der Waals surface area contributed by atoms with Crippen molar-refractivity contribution in [3.63, 3.8) is 0 Å². The summed E-state index contributed by atoms with van der Waals surface area (Å²) in [6.45, 7) is 1.09. The monoisotopic (exact) mass is 712 g/mol. The molecule has 2 atom stereocenters. The molecule has 0 spiro atoms. The van der Waals surface area contributed by atoms with Crippen molar-refractivity contribution in [3.8, 4) is 0 Å². The molecule has 2 aliphatic heterocycles. The summed E-state index contributed by atoms with van der Waals surface area (Å²) in [6.07, 6.45) is 6.76. The van der Waals surface area contributed by atoms with Gasteiger partial charge in [-0.25, -0.2) is 0 Å². The summed E-state index contributed by atoms with van der Waals surface area (Å²) in [7, 11) is 0. The minimum absolute atomic E-state index is 0.120. The van der Waals surface area contributed by atoms with Gasteiger partial charge < -0.3 is 20.4 Å². The van der Waals surface area contributed by atoms with Gasteiger partial charge in [0.2, 0.25) is 11.8 Å². The predicted octanol–water partition coefficient (Wildman–Crippen LogP) is 8.65. The number of amides is 4. The first-order chi connectivity index (χ1) is 26.4. The molecular weight excluding hydrogens is 673 g/mol. The molecule has 2 aliphatic rings. The van der Waals surface area contributed by atoms with Gasteiger partial charge in [-0.3, -0.25) is 19.2 Å². The molecule has 0 radical (unpaired) electrons. The van der Waals surface area contributed by atoms with Crippen LogP contribution >= 0.6 is 0 Å². The molecule has 8 rings (SSSR count). The third-order valence-electron chi connectivity index (χ3n) is 10.5. The highest BCUT2D eigenvalue weighted by atomic mass is 16.2. The Morgan fingerprint density at radius 1 is 0.481 bits per heavy atom. The second-order valence-electron chi connectivity index (χ2n) is 13.9. The van der Waals surface area contributed by atoms with E-state index in [1.807, 2.05) is 146 Å². The maximum Gasteiger partial charge on any atom is 0.255 e. The van der Waals surface area contributed by atoms with Crippen LogP contribution in [0.1, 0.15) is 57.5 Å². The molecule has 2 fully saturated rings. The Labute approximate surface area is 314 Å². The smallest absolute Gasteiger partial charge is 0.255 e. The highest BCUT2D eigenvalue weighted by molar-refractivity contribution is 6.10. The van der Waals surface area contributed by atoms with Gasteiger partial charge >= 0.3 is 0 Å². The first kappa shape index (κ1) is 34.5. The molecule has 8 nitrogen and oxygen atoms in total. The van der Waals surface area contributed by atoms with Crippen LogP contribution in [-0.2, 0) is 9.59 Å². The number of rotatable bonds is 8. The van der Waals surface area contributed by atoms with E-state index >= 15 is 0 Å². The fourth-order valence-corrected chi connectivity index (χ4v) is 7.70. The molecule has 0 unspecified atom stereocenters. The van der Waals surface area contributed by atoms with E-state index in [4.69, 9.17) is 0 Å². The van der Waals surface area contributed by atoms with Crippen LogP contribution in [0.4, 0.5) is 11.4 Å². The number of nitrogens with one attached hydrogen (secondary N) is 2. The van der Waals surface area contributed by atoms with E-state index in [0.29, 0.717) is 48.4 Å². The second kappa shape index (κ2) is 15.2. The lowest BCUT2D eigenvalue weighted by Gasteiger charge is -2.24. The maximum atomic E-state index is 13.6. The molecule has 2 N–H and O–H groups in total. The van der Waals surface area contributed by atoms with Crippen LogP contribution in [0.3, 0.4) is 0 Å². The molecule has 2 saturated heterocycles. The summed E-state index contributed by atoms with van der Waals surface area (Å²) in [5.74, 6) is -0.614. The quantitative estimate of drug-likeness (QED) is 0.154. The number of likely N-dealkylation sites (tertiary alicyclic amines) is 2. The summed E-state index contributed by atoms with van der Waals surface area (Å²) in [4.78, 5) is 57.3. The highest BCUT2D eigenvalue weighted by Gasteiger charge is 2.36. The fourth-order valence-electron chi connectivity index (χ4n) is 7.70. The van der Waals surface area contributed by atoms with Crippen molar-refractivity contribution >= 4 is 68.7 Å². The van der Waals surface area contributed by atoms with Crippen molar-refractivity contribution in [2.45, 2.75) is 37.8 Å². The summed E-state index contributed by atoms with van der Waals surface area (Å²) in [5, 5.41) is 9.80. The number of benzene rings is 6. The van der Waals surface area contributed by atoms with Crippen LogP contribution in [0.2, 0.25) is 0 Å². The normalized spacial score (nSPS) is 17.0. The number of anilines is 2. The number of carbonyl (C=O) groups is 4. The zero-order chi connectivity index (χ0) is 37.0. The lowest BCUT2D eigenvalue weighted by Crippen LogP contribution is -2.43. The van der Waals surface area contributed by atoms with Gasteiger partial charge in [-0.15, -0.1) is 0 Å². The van der Waals surface area contributed by atoms with Crippen LogP contribution in [0.25, 0.3) is 33.7 Å². The van der Waals surface area contributed by atoms with Crippen molar-refractivity contribution in [1.82, 2.24) is 9.80 Å². The maximum absolute atomic E-state index is 13.6. The third kappa shape index (κ3) is 7.11. The van der Waals surface area contributed by atoms with Crippen LogP contribution < -0.4 is 10.6 Å². The molecule has 0 bridgehead atoms. The van der Waals surface area contributed by atoms with E-state index in [1.165, 1.54) is 0 Å². The van der Waals surface area contributed by atoms with E-state index in [0.717, 1.165) is 45.5 Å². The average molecular weight is 713 g/mol. The van der Waals surface area contributed by atoms with Crippen LogP contribution in [0, 0.1) is 0 Å². The molecule has 54 heavy (non-hydrogen) atoms. The van der Waals surface area contributed by atoms with E-state index in [1.54, 1.807) is 9.80 Å². The van der Waals surface area contributed by atoms with Crippen LogP contribution in [0.5, 0.6) is 0 Å². The predicted molar refractivity (Wildman–Crippen MR) is 215 cm³/mol. The molecule has 0 aliphatic carbocycles. The Morgan fingerprint density at radius 2 is 0.870 bits per heavy atom. The molecule has 0 aromatic heterocycles. The number of carbonyl (C=O) groups excluding carboxylic acids is 4. The molecule has 4 amide bonds. The Bertz CT molecular complexity index is 2220. The van der Waals surface area contributed by atoms with E-state index in [9.17, 15) is 19.2 Å².